The summed E-state index contributed by atoms with van der Waals surface area (Å²) in [6.45, 7) is 3.92. The van der Waals surface area contributed by atoms with Crippen LogP contribution in [-0.4, -0.2) is 9.55 Å². The first kappa shape index (κ1) is 13.0. The van der Waals surface area contributed by atoms with Crippen LogP contribution >= 0.6 is 15.9 Å². The number of anilines is 2. The largest absolute Gasteiger partial charge is 0.321 e. The molecular formula is C12H12BrF2N3. The Bertz CT molecular complexity index is 543. The van der Waals surface area contributed by atoms with Crippen LogP contribution in [0, 0.1) is 11.6 Å². The molecule has 0 spiro atoms. The summed E-state index contributed by atoms with van der Waals surface area (Å²) < 4.78 is 29.5. The first-order valence-electron chi connectivity index (χ1n) is 5.43. The molecule has 0 unspecified atom stereocenters. The monoisotopic (exact) mass is 315 g/mol. The standard InChI is InChI=1S/C12H12BrF2N3/c1-7(2)18-4-3-16-12(18)17-11-9(14)5-8(13)6-10(11)15/h3-7H,1-2H3,(H,16,17). The molecule has 3 nitrogen and oxygen atoms in total. The number of nitrogens with one attached hydrogen (secondary N) is 1. The van der Waals surface area contributed by atoms with Gasteiger partial charge in [0.15, 0.2) is 11.6 Å². The van der Waals surface area contributed by atoms with Crippen molar-refractivity contribution in [3.05, 3.63) is 40.6 Å². The van der Waals surface area contributed by atoms with Crippen LogP contribution in [0.4, 0.5) is 20.4 Å². The van der Waals surface area contributed by atoms with E-state index in [1.54, 1.807) is 17.0 Å². The lowest BCUT2D eigenvalue weighted by molar-refractivity contribution is 0.583. The van der Waals surface area contributed by atoms with E-state index in [1.165, 1.54) is 12.1 Å². The van der Waals surface area contributed by atoms with Gasteiger partial charge in [0.25, 0.3) is 0 Å². The molecule has 1 heterocycles. The molecule has 0 saturated carbocycles. The fourth-order valence-corrected chi connectivity index (χ4v) is 2.00. The third-order valence-electron chi connectivity index (χ3n) is 2.47. The molecule has 0 saturated heterocycles. The van der Waals surface area contributed by atoms with E-state index in [0.29, 0.717) is 10.4 Å². The van der Waals surface area contributed by atoms with E-state index in [9.17, 15) is 8.78 Å². The second-order valence-electron chi connectivity index (χ2n) is 4.12. The molecule has 6 heteroatoms. The second-order valence-corrected chi connectivity index (χ2v) is 5.04. The van der Waals surface area contributed by atoms with Gasteiger partial charge < -0.3 is 9.88 Å². The van der Waals surface area contributed by atoms with E-state index >= 15 is 0 Å². The Morgan fingerprint density at radius 1 is 1.28 bits per heavy atom. The fraction of sp³-hybridized carbons (Fsp3) is 0.250. The first-order valence-corrected chi connectivity index (χ1v) is 6.22. The molecule has 2 rings (SSSR count). The average Bonchev–Trinajstić information content (AvgIpc) is 2.71. The quantitative estimate of drug-likeness (QED) is 0.917. The maximum atomic E-state index is 13.7. The van der Waals surface area contributed by atoms with Gasteiger partial charge in [-0.1, -0.05) is 15.9 Å². The molecule has 2 aromatic rings. The molecule has 96 valence electrons. The SMILES string of the molecule is CC(C)n1ccnc1Nc1c(F)cc(Br)cc1F. The minimum absolute atomic E-state index is 0.150. The van der Waals surface area contributed by atoms with Crippen molar-refractivity contribution >= 4 is 27.6 Å². The van der Waals surface area contributed by atoms with E-state index in [-0.39, 0.29) is 11.7 Å². The smallest absolute Gasteiger partial charge is 0.207 e. The molecule has 0 amide bonds. The Morgan fingerprint density at radius 2 is 1.89 bits per heavy atom. The van der Waals surface area contributed by atoms with Gasteiger partial charge in [0.05, 0.1) is 0 Å². The number of benzene rings is 1. The summed E-state index contributed by atoms with van der Waals surface area (Å²) in [4.78, 5) is 4.04. The topological polar surface area (TPSA) is 29.9 Å². The summed E-state index contributed by atoms with van der Waals surface area (Å²) >= 11 is 3.03. The normalized spacial score (nSPS) is 11.0. The summed E-state index contributed by atoms with van der Waals surface area (Å²) in [5.74, 6) is -0.925. The van der Waals surface area contributed by atoms with Crippen LogP contribution in [0.1, 0.15) is 19.9 Å². The Labute approximate surface area is 112 Å². The molecule has 1 aromatic carbocycles. The zero-order chi connectivity index (χ0) is 13.3. The highest BCUT2D eigenvalue weighted by atomic mass is 79.9. The summed E-state index contributed by atoms with van der Waals surface area (Å²) in [6.07, 6.45) is 3.33. The van der Waals surface area contributed by atoms with Crippen LogP contribution in [0.15, 0.2) is 29.0 Å². The predicted molar refractivity (Wildman–Crippen MR) is 70.0 cm³/mol. The lowest BCUT2D eigenvalue weighted by Gasteiger charge is -2.13. The molecule has 0 fully saturated rings. The van der Waals surface area contributed by atoms with Crippen LogP contribution in [0.3, 0.4) is 0 Å². The third-order valence-corrected chi connectivity index (χ3v) is 2.93. The number of halogens is 3. The minimum atomic E-state index is -0.666. The second kappa shape index (κ2) is 5.06. The molecule has 1 aromatic heterocycles. The van der Waals surface area contributed by atoms with E-state index < -0.39 is 11.6 Å². The van der Waals surface area contributed by atoms with Crippen molar-refractivity contribution in [1.29, 1.82) is 0 Å². The number of hydrogen-bond donors (Lipinski definition) is 1. The van der Waals surface area contributed by atoms with Crippen molar-refractivity contribution in [1.82, 2.24) is 9.55 Å². The predicted octanol–water partition coefficient (Wildman–Crippen LogP) is 4.25. The van der Waals surface area contributed by atoms with Gasteiger partial charge in [0.1, 0.15) is 5.69 Å². The Kier molecular flexibility index (Phi) is 3.65. The van der Waals surface area contributed by atoms with Gasteiger partial charge in [-0.25, -0.2) is 13.8 Å². The summed E-state index contributed by atoms with van der Waals surface area (Å²) in [7, 11) is 0. The molecule has 0 bridgehead atoms. The molecule has 0 atom stereocenters. The molecule has 0 aliphatic rings. The Hall–Kier alpha value is -1.43. The number of aromatic nitrogens is 2. The summed E-state index contributed by atoms with van der Waals surface area (Å²) in [5.41, 5.74) is -0.202. The lowest BCUT2D eigenvalue weighted by Crippen LogP contribution is -2.07. The maximum absolute atomic E-state index is 13.7. The molecule has 0 aliphatic carbocycles. The fourth-order valence-electron chi connectivity index (χ4n) is 1.60. The van der Waals surface area contributed by atoms with E-state index in [4.69, 9.17) is 0 Å². The average molecular weight is 316 g/mol. The van der Waals surface area contributed by atoms with Gasteiger partial charge >= 0.3 is 0 Å². The van der Waals surface area contributed by atoms with E-state index in [1.807, 2.05) is 13.8 Å². The van der Waals surface area contributed by atoms with Crippen molar-refractivity contribution in [2.24, 2.45) is 0 Å². The highest BCUT2D eigenvalue weighted by Crippen LogP contribution is 2.27. The minimum Gasteiger partial charge on any atom is -0.321 e. The number of rotatable bonds is 3. The van der Waals surface area contributed by atoms with E-state index in [2.05, 4.69) is 26.2 Å². The summed E-state index contributed by atoms with van der Waals surface area (Å²) in [6, 6.07) is 2.55. The van der Waals surface area contributed by atoms with Crippen LogP contribution in [-0.2, 0) is 0 Å². The van der Waals surface area contributed by atoms with Crippen molar-refractivity contribution in [3.63, 3.8) is 0 Å². The zero-order valence-electron chi connectivity index (χ0n) is 9.92. The molecule has 18 heavy (non-hydrogen) atoms. The Balaban J connectivity index is 2.37. The van der Waals surface area contributed by atoms with Crippen LogP contribution in [0.2, 0.25) is 0 Å². The molecule has 1 N–H and O–H groups in total. The van der Waals surface area contributed by atoms with Gasteiger partial charge in [-0.3, -0.25) is 0 Å². The number of nitrogens with zero attached hydrogens (tertiary/aromatic N) is 2. The van der Waals surface area contributed by atoms with Gasteiger partial charge in [0.2, 0.25) is 5.95 Å². The maximum Gasteiger partial charge on any atom is 0.207 e. The van der Waals surface area contributed by atoms with Crippen LogP contribution < -0.4 is 5.32 Å². The van der Waals surface area contributed by atoms with Gasteiger partial charge in [-0.05, 0) is 26.0 Å². The third kappa shape index (κ3) is 2.53. The highest BCUT2D eigenvalue weighted by Gasteiger charge is 2.14. The van der Waals surface area contributed by atoms with Crippen molar-refractivity contribution in [3.8, 4) is 0 Å². The zero-order valence-corrected chi connectivity index (χ0v) is 11.5. The number of hydrogen-bond acceptors (Lipinski definition) is 2. The molecule has 0 radical (unpaired) electrons. The van der Waals surface area contributed by atoms with Crippen molar-refractivity contribution in [2.75, 3.05) is 5.32 Å². The molecular weight excluding hydrogens is 304 g/mol. The van der Waals surface area contributed by atoms with Crippen LogP contribution in [0.5, 0.6) is 0 Å². The van der Waals surface area contributed by atoms with Crippen molar-refractivity contribution in [2.45, 2.75) is 19.9 Å². The molecule has 0 aliphatic heterocycles. The Morgan fingerprint density at radius 3 is 2.44 bits per heavy atom. The highest BCUT2D eigenvalue weighted by molar-refractivity contribution is 9.10. The lowest BCUT2D eigenvalue weighted by atomic mass is 10.3. The summed E-state index contributed by atoms with van der Waals surface area (Å²) in [5, 5.41) is 2.68. The van der Waals surface area contributed by atoms with E-state index in [0.717, 1.165) is 0 Å². The first-order chi connectivity index (χ1) is 8.49. The van der Waals surface area contributed by atoms with Gasteiger partial charge in [-0.15, -0.1) is 0 Å². The van der Waals surface area contributed by atoms with Crippen LogP contribution in [0.25, 0.3) is 0 Å². The van der Waals surface area contributed by atoms with Gasteiger partial charge in [0, 0.05) is 22.9 Å². The number of imidazole rings is 1. The van der Waals surface area contributed by atoms with Gasteiger partial charge in [-0.2, -0.15) is 0 Å². The van der Waals surface area contributed by atoms with Crippen molar-refractivity contribution < 1.29 is 8.78 Å².